The zero-order valence-electron chi connectivity index (χ0n) is 20.3. The molecule has 2 amide bonds. The average molecular weight is 474 g/mol. The number of hydrogen-bond acceptors (Lipinski definition) is 5. The third-order valence-corrected chi connectivity index (χ3v) is 5.84. The Hall–Kier alpha value is -2.58. The van der Waals surface area contributed by atoms with Gasteiger partial charge >= 0.3 is 12.0 Å². The topological polar surface area (TPSA) is 79.7 Å². The molecule has 1 saturated heterocycles. The lowest BCUT2D eigenvalue weighted by Gasteiger charge is -2.49. The minimum atomic E-state index is -0.652. The third kappa shape index (κ3) is 4.73. The zero-order chi connectivity index (χ0) is 24.3. The summed E-state index contributed by atoms with van der Waals surface area (Å²) in [5, 5.41) is 4.13. The highest BCUT2D eigenvalue weighted by Crippen LogP contribution is 2.37. The van der Waals surface area contributed by atoms with Crippen LogP contribution in [0.4, 0.5) is 10.5 Å². The summed E-state index contributed by atoms with van der Waals surface area (Å²) in [5.74, 6) is -0.509. The number of halogens is 1. The molecule has 1 aromatic heterocycles. The molecule has 0 spiro atoms. The summed E-state index contributed by atoms with van der Waals surface area (Å²) < 4.78 is 7.40. The number of amides is 2. The summed E-state index contributed by atoms with van der Waals surface area (Å²) in [5.41, 5.74) is 1.11. The Morgan fingerprint density at radius 1 is 1.09 bits per heavy atom. The molecule has 3 heterocycles. The molecule has 1 aromatic carbocycles. The average Bonchev–Trinajstić information content (AvgIpc) is 3.07. The van der Waals surface area contributed by atoms with Crippen LogP contribution in [-0.2, 0) is 11.3 Å². The number of ether oxygens (including phenoxy) is 1. The van der Waals surface area contributed by atoms with Crippen molar-refractivity contribution >= 4 is 29.3 Å². The van der Waals surface area contributed by atoms with E-state index in [0.29, 0.717) is 29.5 Å². The second kappa shape index (κ2) is 7.74. The van der Waals surface area contributed by atoms with E-state index in [-0.39, 0.29) is 29.3 Å². The molecule has 8 nitrogen and oxygen atoms in total. The molecule has 0 radical (unpaired) electrons. The molecule has 1 N–H and O–H groups in total. The van der Waals surface area contributed by atoms with Gasteiger partial charge in [0.2, 0.25) is 0 Å². The number of carbonyl (C=O) groups is 2. The molecule has 0 atom stereocenters. The predicted molar refractivity (Wildman–Crippen MR) is 128 cm³/mol. The van der Waals surface area contributed by atoms with E-state index < -0.39 is 11.6 Å². The predicted octanol–water partition coefficient (Wildman–Crippen LogP) is 4.38. The van der Waals surface area contributed by atoms with Gasteiger partial charge in [-0.25, -0.2) is 14.6 Å². The van der Waals surface area contributed by atoms with Gasteiger partial charge in [0, 0.05) is 29.2 Å². The Morgan fingerprint density at radius 2 is 1.73 bits per heavy atom. The summed E-state index contributed by atoms with van der Waals surface area (Å²) >= 11 is 6.32. The maximum absolute atomic E-state index is 13.9. The minimum Gasteiger partial charge on any atom is -0.455 e. The van der Waals surface area contributed by atoms with Crippen LogP contribution in [0.1, 0.15) is 64.6 Å². The highest BCUT2D eigenvalue weighted by Gasteiger charge is 2.41. The largest absolute Gasteiger partial charge is 0.455 e. The molecule has 0 aliphatic carbocycles. The molecule has 9 heteroatoms. The molecule has 2 aliphatic heterocycles. The normalized spacial score (nSPS) is 19.0. The number of esters is 1. The lowest BCUT2D eigenvalue weighted by atomic mass is 9.91. The molecule has 4 rings (SSSR count). The molecular formula is C24H32ClN5O3. The number of piperazine rings is 1. The third-order valence-electron chi connectivity index (χ3n) is 5.60. The fourth-order valence-corrected chi connectivity index (χ4v) is 5.03. The minimum absolute atomic E-state index is 0.135. The summed E-state index contributed by atoms with van der Waals surface area (Å²) in [7, 11) is 0. The maximum Gasteiger partial charge on any atom is 0.359 e. The smallest absolute Gasteiger partial charge is 0.359 e. The first kappa shape index (κ1) is 23.6. The highest BCUT2D eigenvalue weighted by atomic mass is 35.5. The van der Waals surface area contributed by atoms with Crippen molar-refractivity contribution in [3.8, 4) is 5.69 Å². The van der Waals surface area contributed by atoms with Crippen molar-refractivity contribution in [2.24, 2.45) is 0 Å². The number of aromatic nitrogens is 2. The first-order chi connectivity index (χ1) is 15.2. The van der Waals surface area contributed by atoms with Crippen LogP contribution in [-0.4, -0.2) is 56.2 Å². The number of imidazole rings is 1. The van der Waals surface area contributed by atoms with Gasteiger partial charge in [-0.15, -0.1) is 0 Å². The van der Waals surface area contributed by atoms with Gasteiger partial charge in [0.1, 0.15) is 11.9 Å². The number of nitrogens with one attached hydrogen (secondary N) is 1. The van der Waals surface area contributed by atoms with Gasteiger partial charge in [0.05, 0.1) is 23.6 Å². The Morgan fingerprint density at radius 3 is 2.33 bits per heavy atom. The Labute approximate surface area is 199 Å². The van der Waals surface area contributed by atoms with E-state index in [4.69, 9.17) is 16.3 Å². The van der Waals surface area contributed by atoms with Gasteiger partial charge in [-0.1, -0.05) is 11.6 Å². The van der Waals surface area contributed by atoms with E-state index in [2.05, 4.69) is 38.0 Å². The van der Waals surface area contributed by atoms with Crippen molar-refractivity contribution in [1.82, 2.24) is 19.8 Å². The monoisotopic (exact) mass is 473 g/mol. The molecule has 33 heavy (non-hydrogen) atoms. The van der Waals surface area contributed by atoms with Crippen molar-refractivity contribution in [1.29, 1.82) is 0 Å². The zero-order valence-corrected chi connectivity index (χ0v) is 21.1. The Kier molecular flexibility index (Phi) is 5.53. The van der Waals surface area contributed by atoms with Gasteiger partial charge in [0.15, 0.2) is 5.69 Å². The quantitative estimate of drug-likeness (QED) is 0.621. The standard InChI is InChI=1S/C24H32ClN5O3/c1-22(2,3)33-20(31)19-18-11-29(17-10-15(25)8-9-16(17)30(18)14-26-19)21(32)28-12-23(4,5)27-24(6,7)13-28/h8-10,14,27H,11-13H2,1-7H3. The van der Waals surface area contributed by atoms with E-state index in [0.717, 1.165) is 5.69 Å². The number of benzene rings is 1. The molecular weight excluding hydrogens is 442 g/mol. The molecule has 2 aliphatic rings. The van der Waals surface area contributed by atoms with Crippen LogP contribution < -0.4 is 10.2 Å². The van der Waals surface area contributed by atoms with Crippen molar-refractivity contribution in [3.63, 3.8) is 0 Å². The number of carbonyl (C=O) groups excluding carboxylic acids is 2. The van der Waals surface area contributed by atoms with E-state index >= 15 is 0 Å². The van der Waals surface area contributed by atoms with E-state index in [1.807, 2.05) is 36.3 Å². The van der Waals surface area contributed by atoms with Crippen LogP contribution in [0.25, 0.3) is 5.69 Å². The van der Waals surface area contributed by atoms with Crippen molar-refractivity contribution in [2.75, 3.05) is 18.0 Å². The second-order valence-electron chi connectivity index (χ2n) is 11.2. The summed E-state index contributed by atoms with van der Waals surface area (Å²) in [6, 6.07) is 5.25. The van der Waals surface area contributed by atoms with Crippen LogP contribution in [0.2, 0.25) is 5.02 Å². The fraction of sp³-hybridized carbons (Fsp3) is 0.542. The highest BCUT2D eigenvalue weighted by molar-refractivity contribution is 6.31. The van der Waals surface area contributed by atoms with E-state index in [9.17, 15) is 9.59 Å². The lowest BCUT2D eigenvalue weighted by molar-refractivity contribution is 0.00619. The van der Waals surface area contributed by atoms with Crippen molar-refractivity contribution < 1.29 is 14.3 Å². The number of fused-ring (bicyclic) bond motifs is 3. The summed E-state index contributed by atoms with van der Waals surface area (Å²) in [6.07, 6.45) is 1.60. The van der Waals surface area contributed by atoms with Crippen LogP contribution in [0.3, 0.4) is 0 Å². The van der Waals surface area contributed by atoms with Gasteiger partial charge < -0.3 is 15.0 Å². The number of urea groups is 1. The summed E-state index contributed by atoms with van der Waals surface area (Å²) in [4.78, 5) is 34.6. The molecule has 0 saturated carbocycles. The van der Waals surface area contributed by atoms with Crippen LogP contribution in [0, 0.1) is 0 Å². The molecule has 178 valence electrons. The molecule has 0 bridgehead atoms. The second-order valence-corrected chi connectivity index (χ2v) is 11.6. The van der Waals surface area contributed by atoms with E-state index in [1.54, 1.807) is 23.4 Å². The molecule has 1 fully saturated rings. The van der Waals surface area contributed by atoms with Crippen LogP contribution in [0.5, 0.6) is 0 Å². The lowest BCUT2D eigenvalue weighted by Crippen LogP contribution is -2.68. The van der Waals surface area contributed by atoms with Gasteiger partial charge in [0.25, 0.3) is 0 Å². The van der Waals surface area contributed by atoms with Crippen LogP contribution >= 0.6 is 11.6 Å². The maximum atomic E-state index is 13.9. The summed E-state index contributed by atoms with van der Waals surface area (Å²) in [6.45, 7) is 15.1. The number of hydrogen-bond donors (Lipinski definition) is 1. The number of anilines is 1. The molecule has 2 aromatic rings. The number of rotatable bonds is 1. The van der Waals surface area contributed by atoms with Gasteiger partial charge in [-0.2, -0.15) is 0 Å². The fourth-order valence-electron chi connectivity index (χ4n) is 4.86. The number of nitrogens with zero attached hydrogens (tertiary/aromatic N) is 4. The van der Waals surface area contributed by atoms with Gasteiger partial charge in [-0.3, -0.25) is 9.47 Å². The van der Waals surface area contributed by atoms with Crippen LogP contribution in [0.15, 0.2) is 24.5 Å². The van der Waals surface area contributed by atoms with Gasteiger partial charge in [-0.05, 0) is 66.7 Å². The Bertz CT molecular complexity index is 1100. The SMILES string of the molecule is CC1(C)CN(C(=O)N2Cc3c(C(=O)OC(C)(C)C)ncn3-c3ccc(Cl)cc32)CC(C)(C)N1. The first-order valence-electron chi connectivity index (χ1n) is 11.1. The Balaban J connectivity index is 1.75. The molecule has 0 unspecified atom stereocenters. The van der Waals surface area contributed by atoms with Crippen molar-refractivity contribution in [3.05, 3.63) is 40.9 Å². The van der Waals surface area contributed by atoms with Crippen molar-refractivity contribution in [2.45, 2.75) is 71.7 Å². The van der Waals surface area contributed by atoms with E-state index in [1.165, 1.54) is 0 Å². The first-order valence-corrected chi connectivity index (χ1v) is 11.5.